The van der Waals surface area contributed by atoms with Crippen LogP contribution >= 0.6 is 11.3 Å². The summed E-state index contributed by atoms with van der Waals surface area (Å²) in [6.45, 7) is 1.29. The Morgan fingerprint density at radius 1 is 1.35 bits per heavy atom. The van der Waals surface area contributed by atoms with Crippen LogP contribution in [0.1, 0.15) is 12.5 Å². The van der Waals surface area contributed by atoms with Crippen LogP contribution in [-0.4, -0.2) is 20.1 Å². The lowest BCUT2D eigenvalue weighted by atomic mass is 9.94. The number of nitrogens with two attached hydrogens (primary N) is 1. The lowest BCUT2D eigenvalue weighted by Crippen LogP contribution is -2.46. The van der Waals surface area contributed by atoms with E-state index in [1.165, 1.54) is 6.07 Å². The van der Waals surface area contributed by atoms with E-state index in [9.17, 15) is 13.5 Å². The van der Waals surface area contributed by atoms with Crippen molar-refractivity contribution >= 4 is 27.0 Å². The first-order valence-electron chi connectivity index (χ1n) is 5.92. The van der Waals surface area contributed by atoms with Gasteiger partial charge in [-0.15, -0.1) is 11.3 Å². The van der Waals surface area contributed by atoms with E-state index in [1.807, 2.05) is 6.07 Å². The van der Waals surface area contributed by atoms with Crippen LogP contribution in [0, 0.1) is 0 Å². The van der Waals surface area contributed by atoms with Crippen molar-refractivity contribution in [3.05, 3.63) is 47.3 Å². The Balaban J connectivity index is 2.35. The number of benzene rings is 1. The van der Waals surface area contributed by atoms with Crippen LogP contribution in [0.2, 0.25) is 0 Å². The first kappa shape index (κ1) is 15.0. The van der Waals surface area contributed by atoms with Crippen molar-refractivity contribution < 1.29 is 13.5 Å². The third-order valence-electron chi connectivity index (χ3n) is 2.95. The summed E-state index contributed by atoms with van der Waals surface area (Å²) in [4.78, 5) is 0. The number of hydrogen-bond acceptors (Lipinski definition) is 5. The second kappa shape index (κ2) is 5.53. The summed E-state index contributed by atoms with van der Waals surface area (Å²) in [5, 5.41) is 11.2. The van der Waals surface area contributed by atoms with Gasteiger partial charge < -0.3 is 10.8 Å². The fourth-order valence-electron chi connectivity index (χ4n) is 1.81. The average molecular weight is 312 g/mol. The largest absolute Gasteiger partial charge is 0.398 e. The first-order valence-corrected chi connectivity index (χ1v) is 8.28. The molecule has 0 saturated carbocycles. The Morgan fingerprint density at radius 2 is 2.00 bits per heavy atom. The topological polar surface area (TPSA) is 92.4 Å². The molecular weight excluding hydrogens is 296 g/mol. The minimum Gasteiger partial charge on any atom is -0.398 e. The predicted molar refractivity (Wildman–Crippen MR) is 79.9 cm³/mol. The standard InChI is InChI=1S/C13H16N2O3S2/c1-13(9-16,10-5-3-2-4-6-10)15-20(17,18)12-7-11(14)8-19-12/h2-8,15-16H,9,14H2,1H3. The molecule has 1 aromatic carbocycles. The van der Waals surface area contributed by atoms with Gasteiger partial charge >= 0.3 is 0 Å². The highest BCUT2D eigenvalue weighted by Crippen LogP contribution is 2.26. The maximum absolute atomic E-state index is 12.3. The van der Waals surface area contributed by atoms with Crippen molar-refractivity contribution in [1.29, 1.82) is 0 Å². The van der Waals surface area contributed by atoms with Crippen LogP contribution in [0.25, 0.3) is 0 Å². The van der Waals surface area contributed by atoms with E-state index in [2.05, 4.69) is 4.72 Å². The molecule has 1 atom stereocenters. The summed E-state index contributed by atoms with van der Waals surface area (Å²) in [5.41, 5.74) is 5.56. The molecule has 2 rings (SSSR count). The van der Waals surface area contributed by atoms with Gasteiger partial charge in [0.25, 0.3) is 10.0 Å². The monoisotopic (exact) mass is 312 g/mol. The van der Waals surface area contributed by atoms with Crippen LogP contribution in [0.5, 0.6) is 0 Å². The number of nitrogens with one attached hydrogen (secondary N) is 1. The van der Waals surface area contributed by atoms with Crippen molar-refractivity contribution in [2.75, 3.05) is 12.3 Å². The van der Waals surface area contributed by atoms with Crippen LogP contribution in [0.4, 0.5) is 5.69 Å². The van der Waals surface area contributed by atoms with Crippen molar-refractivity contribution in [3.63, 3.8) is 0 Å². The smallest absolute Gasteiger partial charge is 0.251 e. The molecule has 1 aromatic heterocycles. The molecule has 2 aromatic rings. The molecule has 20 heavy (non-hydrogen) atoms. The first-order chi connectivity index (χ1) is 9.37. The van der Waals surface area contributed by atoms with E-state index in [4.69, 9.17) is 5.73 Å². The molecule has 4 N–H and O–H groups in total. The van der Waals surface area contributed by atoms with Gasteiger partial charge in [0.15, 0.2) is 0 Å². The summed E-state index contributed by atoms with van der Waals surface area (Å²) in [5.74, 6) is 0. The molecular formula is C13H16N2O3S2. The normalized spacial score (nSPS) is 14.9. The summed E-state index contributed by atoms with van der Waals surface area (Å²) in [6.07, 6.45) is 0. The van der Waals surface area contributed by atoms with Crippen molar-refractivity contribution in [2.45, 2.75) is 16.7 Å². The van der Waals surface area contributed by atoms with Gasteiger partial charge in [0, 0.05) is 11.1 Å². The molecule has 0 bridgehead atoms. The molecule has 5 nitrogen and oxygen atoms in total. The Bertz CT molecular complexity index is 683. The van der Waals surface area contributed by atoms with Crippen molar-refractivity contribution in [3.8, 4) is 0 Å². The molecule has 0 amide bonds. The number of aliphatic hydroxyl groups excluding tert-OH is 1. The second-order valence-electron chi connectivity index (χ2n) is 4.66. The number of aliphatic hydroxyl groups is 1. The molecule has 0 aliphatic rings. The van der Waals surface area contributed by atoms with Gasteiger partial charge in [0.1, 0.15) is 4.21 Å². The molecule has 1 unspecified atom stereocenters. The molecule has 0 fully saturated rings. The molecule has 108 valence electrons. The summed E-state index contributed by atoms with van der Waals surface area (Å²) >= 11 is 1.05. The fourth-order valence-corrected chi connectivity index (χ4v) is 4.27. The summed E-state index contributed by atoms with van der Waals surface area (Å²) in [6, 6.07) is 10.3. The molecule has 1 heterocycles. The Kier molecular flexibility index (Phi) is 4.14. The van der Waals surface area contributed by atoms with Crippen molar-refractivity contribution in [1.82, 2.24) is 4.72 Å². The maximum atomic E-state index is 12.3. The van der Waals surface area contributed by atoms with Gasteiger partial charge in [-0.3, -0.25) is 0 Å². The molecule has 0 saturated heterocycles. The zero-order chi connectivity index (χ0) is 14.8. The zero-order valence-electron chi connectivity index (χ0n) is 10.9. The summed E-state index contributed by atoms with van der Waals surface area (Å²) < 4.78 is 27.3. The molecule has 0 aliphatic heterocycles. The lowest BCUT2D eigenvalue weighted by Gasteiger charge is -2.28. The highest BCUT2D eigenvalue weighted by atomic mass is 32.2. The van der Waals surface area contributed by atoms with Gasteiger partial charge in [-0.05, 0) is 18.6 Å². The highest BCUT2D eigenvalue weighted by Gasteiger charge is 2.32. The number of anilines is 1. The number of rotatable bonds is 5. The number of nitrogen functional groups attached to an aromatic ring is 1. The number of sulfonamides is 1. The number of thiophene rings is 1. The van der Waals surface area contributed by atoms with Gasteiger partial charge in [-0.1, -0.05) is 30.3 Å². The van der Waals surface area contributed by atoms with Gasteiger partial charge in [0.05, 0.1) is 12.1 Å². The maximum Gasteiger partial charge on any atom is 0.251 e. The third-order valence-corrected chi connectivity index (χ3v) is 6.00. The van der Waals surface area contributed by atoms with E-state index in [1.54, 1.807) is 36.6 Å². The quantitative estimate of drug-likeness (QED) is 0.780. The van der Waals surface area contributed by atoms with Gasteiger partial charge in [-0.2, -0.15) is 4.72 Å². The molecule has 0 spiro atoms. The lowest BCUT2D eigenvalue weighted by molar-refractivity contribution is 0.196. The fraction of sp³-hybridized carbons (Fsp3) is 0.231. The third kappa shape index (κ3) is 3.01. The van der Waals surface area contributed by atoms with Crippen LogP contribution in [0.3, 0.4) is 0 Å². The van der Waals surface area contributed by atoms with Gasteiger partial charge in [0.2, 0.25) is 0 Å². The Hall–Kier alpha value is -1.41. The van der Waals surface area contributed by atoms with Crippen molar-refractivity contribution in [2.24, 2.45) is 0 Å². The minimum absolute atomic E-state index is 0.130. The number of hydrogen-bond donors (Lipinski definition) is 3. The molecule has 7 heteroatoms. The van der Waals surface area contributed by atoms with E-state index in [-0.39, 0.29) is 10.8 Å². The van der Waals surface area contributed by atoms with Crippen LogP contribution in [-0.2, 0) is 15.6 Å². The molecule has 0 radical (unpaired) electrons. The van der Waals surface area contributed by atoms with Crippen LogP contribution in [0.15, 0.2) is 46.0 Å². The van der Waals surface area contributed by atoms with E-state index < -0.39 is 15.6 Å². The Labute approximate surface area is 122 Å². The van der Waals surface area contributed by atoms with Crippen LogP contribution < -0.4 is 10.5 Å². The van der Waals surface area contributed by atoms with E-state index in [0.29, 0.717) is 11.3 Å². The highest BCUT2D eigenvalue weighted by molar-refractivity contribution is 7.91. The van der Waals surface area contributed by atoms with E-state index >= 15 is 0 Å². The molecule has 0 aliphatic carbocycles. The minimum atomic E-state index is -3.73. The van der Waals surface area contributed by atoms with Gasteiger partial charge in [-0.25, -0.2) is 8.42 Å². The predicted octanol–water partition coefficient (Wildman–Crippen LogP) is 1.52. The summed E-state index contributed by atoms with van der Waals surface area (Å²) in [7, 11) is -3.73. The van der Waals surface area contributed by atoms with E-state index in [0.717, 1.165) is 11.3 Å². The SMILES string of the molecule is CC(CO)(NS(=O)(=O)c1cc(N)cs1)c1ccccc1. The second-order valence-corrected chi connectivity index (χ2v) is 7.48. The average Bonchev–Trinajstić information content (AvgIpc) is 2.87. The zero-order valence-corrected chi connectivity index (χ0v) is 12.5. The Morgan fingerprint density at radius 3 is 2.50 bits per heavy atom.